The van der Waals surface area contributed by atoms with Gasteiger partial charge < -0.3 is 15.0 Å². The van der Waals surface area contributed by atoms with Crippen LogP contribution in [0.15, 0.2) is 36.4 Å². The molecule has 1 amide bonds. The standard InChI is InChI=1S/C20H18F3N3O5/c1-31-19(28)13-2-5-16-12(10-13)7-9-25(16)18(27)6-8-24-15-4-3-14(20(21,22)23)11-17(15)26(29)30/h2-5,10-11,24H,6-9H2,1H3. The van der Waals surface area contributed by atoms with E-state index in [4.69, 9.17) is 0 Å². The van der Waals surface area contributed by atoms with Gasteiger partial charge in [-0.1, -0.05) is 0 Å². The summed E-state index contributed by atoms with van der Waals surface area (Å²) in [4.78, 5) is 36.0. The van der Waals surface area contributed by atoms with Crippen LogP contribution in [0.1, 0.15) is 27.9 Å². The predicted octanol–water partition coefficient (Wildman–Crippen LogP) is 3.79. The molecule has 0 aromatic heterocycles. The first-order valence-corrected chi connectivity index (χ1v) is 9.23. The molecular weight excluding hydrogens is 419 g/mol. The van der Waals surface area contributed by atoms with Gasteiger partial charge in [0.1, 0.15) is 5.69 Å². The van der Waals surface area contributed by atoms with Crippen LogP contribution in [-0.4, -0.2) is 37.0 Å². The Morgan fingerprint density at radius 2 is 1.97 bits per heavy atom. The first-order chi connectivity index (χ1) is 14.6. The molecule has 0 unspecified atom stereocenters. The molecule has 0 saturated carbocycles. The number of hydrogen-bond acceptors (Lipinski definition) is 6. The number of rotatable bonds is 6. The summed E-state index contributed by atoms with van der Waals surface area (Å²) in [6.07, 6.45) is -4.17. The molecule has 0 atom stereocenters. The van der Waals surface area contributed by atoms with E-state index >= 15 is 0 Å². The monoisotopic (exact) mass is 437 g/mol. The zero-order chi connectivity index (χ0) is 22.8. The lowest BCUT2D eigenvalue weighted by Crippen LogP contribution is -2.30. The number of nitro benzene ring substituents is 1. The predicted molar refractivity (Wildman–Crippen MR) is 105 cm³/mol. The van der Waals surface area contributed by atoms with E-state index in [0.29, 0.717) is 30.3 Å². The Bertz CT molecular complexity index is 1040. The van der Waals surface area contributed by atoms with Crippen molar-refractivity contribution in [3.8, 4) is 0 Å². The Hall–Kier alpha value is -3.63. The maximum atomic E-state index is 12.8. The summed E-state index contributed by atoms with van der Waals surface area (Å²) in [5.41, 5.74) is -0.0760. The average Bonchev–Trinajstić information content (AvgIpc) is 3.15. The van der Waals surface area contributed by atoms with Crippen molar-refractivity contribution in [1.29, 1.82) is 0 Å². The minimum atomic E-state index is -4.70. The fourth-order valence-corrected chi connectivity index (χ4v) is 3.35. The highest BCUT2D eigenvalue weighted by Gasteiger charge is 2.33. The number of amides is 1. The highest BCUT2D eigenvalue weighted by molar-refractivity contribution is 5.97. The van der Waals surface area contributed by atoms with Crippen LogP contribution in [0, 0.1) is 10.1 Å². The number of nitro groups is 1. The van der Waals surface area contributed by atoms with Gasteiger partial charge in [-0.15, -0.1) is 0 Å². The van der Waals surface area contributed by atoms with Crippen molar-refractivity contribution in [2.45, 2.75) is 19.0 Å². The Balaban J connectivity index is 1.66. The third-order valence-electron chi connectivity index (χ3n) is 4.87. The van der Waals surface area contributed by atoms with Crippen LogP contribution in [0.5, 0.6) is 0 Å². The fraction of sp³-hybridized carbons (Fsp3) is 0.300. The summed E-state index contributed by atoms with van der Waals surface area (Å²) in [5.74, 6) is -0.735. The number of carbonyl (C=O) groups is 2. The zero-order valence-corrected chi connectivity index (χ0v) is 16.4. The van der Waals surface area contributed by atoms with Crippen molar-refractivity contribution in [3.05, 3.63) is 63.2 Å². The maximum Gasteiger partial charge on any atom is 0.416 e. The number of halogens is 3. The van der Waals surface area contributed by atoms with Crippen LogP contribution in [-0.2, 0) is 22.1 Å². The number of esters is 1. The molecule has 1 heterocycles. The molecule has 0 saturated heterocycles. The van der Waals surface area contributed by atoms with E-state index in [-0.39, 0.29) is 24.6 Å². The van der Waals surface area contributed by atoms with Crippen molar-refractivity contribution < 1.29 is 32.4 Å². The maximum absolute atomic E-state index is 12.8. The summed E-state index contributed by atoms with van der Waals surface area (Å²) in [5, 5.41) is 13.8. The van der Waals surface area contributed by atoms with Gasteiger partial charge in [-0.25, -0.2) is 4.79 Å². The van der Waals surface area contributed by atoms with Crippen LogP contribution < -0.4 is 10.2 Å². The van der Waals surface area contributed by atoms with E-state index in [2.05, 4.69) is 10.1 Å². The molecule has 8 nitrogen and oxygen atoms in total. The molecular formula is C20H18F3N3O5. The summed E-state index contributed by atoms with van der Waals surface area (Å²) in [7, 11) is 1.28. The molecule has 0 bridgehead atoms. The molecule has 2 aromatic rings. The van der Waals surface area contributed by atoms with E-state index in [1.165, 1.54) is 7.11 Å². The molecule has 1 aliphatic rings. The molecule has 1 N–H and O–H groups in total. The van der Waals surface area contributed by atoms with E-state index < -0.39 is 28.3 Å². The van der Waals surface area contributed by atoms with Gasteiger partial charge in [-0.2, -0.15) is 13.2 Å². The number of carbonyl (C=O) groups excluding carboxylic acids is 2. The summed E-state index contributed by atoms with van der Waals surface area (Å²) in [6.45, 7) is 0.413. The molecule has 0 radical (unpaired) electrons. The van der Waals surface area contributed by atoms with Gasteiger partial charge in [-0.05, 0) is 42.3 Å². The number of alkyl halides is 3. The summed E-state index contributed by atoms with van der Waals surface area (Å²) < 4.78 is 43.0. The van der Waals surface area contributed by atoms with Crippen molar-refractivity contribution in [1.82, 2.24) is 0 Å². The normalized spacial score (nSPS) is 13.0. The minimum absolute atomic E-state index is 0.00286. The second-order valence-electron chi connectivity index (χ2n) is 6.79. The van der Waals surface area contributed by atoms with E-state index in [0.717, 1.165) is 17.7 Å². The lowest BCUT2D eigenvalue weighted by molar-refractivity contribution is -0.384. The smallest absolute Gasteiger partial charge is 0.416 e. The van der Waals surface area contributed by atoms with Gasteiger partial charge in [0, 0.05) is 31.3 Å². The molecule has 11 heteroatoms. The molecule has 31 heavy (non-hydrogen) atoms. The van der Waals surface area contributed by atoms with Gasteiger partial charge >= 0.3 is 12.1 Å². The number of methoxy groups -OCH3 is 1. The van der Waals surface area contributed by atoms with Crippen molar-refractivity contribution in [3.63, 3.8) is 0 Å². The van der Waals surface area contributed by atoms with E-state index in [9.17, 15) is 32.9 Å². The van der Waals surface area contributed by atoms with Gasteiger partial charge in [-0.3, -0.25) is 14.9 Å². The molecule has 0 aliphatic carbocycles. The van der Waals surface area contributed by atoms with Crippen LogP contribution in [0.3, 0.4) is 0 Å². The number of ether oxygens (including phenoxy) is 1. The Morgan fingerprint density at radius 3 is 2.61 bits per heavy atom. The molecule has 164 valence electrons. The lowest BCUT2D eigenvalue weighted by atomic mass is 10.1. The SMILES string of the molecule is COC(=O)c1ccc2c(c1)CCN2C(=O)CCNc1ccc(C(F)(F)F)cc1[N+](=O)[O-]. The molecule has 2 aromatic carbocycles. The Labute approximate surface area is 174 Å². The molecule has 0 spiro atoms. The van der Waals surface area contributed by atoms with Crippen LogP contribution >= 0.6 is 0 Å². The van der Waals surface area contributed by atoms with E-state index in [1.807, 2.05) is 0 Å². The second-order valence-corrected chi connectivity index (χ2v) is 6.79. The first-order valence-electron chi connectivity index (χ1n) is 9.23. The van der Waals surface area contributed by atoms with Gasteiger partial charge in [0.15, 0.2) is 0 Å². The highest BCUT2D eigenvalue weighted by Crippen LogP contribution is 2.35. The van der Waals surface area contributed by atoms with Crippen LogP contribution in [0.25, 0.3) is 0 Å². The Morgan fingerprint density at radius 1 is 1.23 bits per heavy atom. The number of nitrogens with zero attached hydrogens (tertiary/aromatic N) is 2. The second kappa shape index (κ2) is 8.62. The van der Waals surface area contributed by atoms with Gasteiger partial charge in [0.25, 0.3) is 5.69 Å². The fourth-order valence-electron chi connectivity index (χ4n) is 3.35. The average molecular weight is 437 g/mol. The lowest BCUT2D eigenvalue weighted by Gasteiger charge is -2.18. The van der Waals surface area contributed by atoms with Gasteiger partial charge in [0.2, 0.25) is 5.91 Å². The van der Waals surface area contributed by atoms with Gasteiger partial charge in [0.05, 0.1) is 23.2 Å². The Kier molecular flexibility index (Phi) is 6.14. The molecule has 3 rings (SSSR count). The zero-order valence-electron chi connectivity index (χ0n) is 16.4. The third kappa shape index (κ3) is 4.76. The van der Waals surface area contributed by atoms with Crippen molar-refractivity contribution in [2.24, 2.45) is 0 Å². The largest absolute Gasteiger partial charge is 0.465 e. The number of benzene rings is 2. The topological polar surface area (TPSA) is 102 Å². The summed E-state index contributed by atoms with van der Waals surface area (Å²) in [6, 6.07) is 7.05. The first kappa shape index (κ1) is 22.1. The number of fused-ring (bicyclic) bond motifs is 1. The van der Waals surface area contributed by atoms with Crippen LogP contribution in [0.4, 0.5) is 30.2 Å². The van der Waals surface area contributed by atoms with Crippen molar-refractivity contribution >= 4 is 28.9 Å². The number of anilines is 2. The van der Waals surface area contributed by atoms with Crippen LogP contribution in [0.2, 0.25) is 0 Å². The number of nitrogens with one attached hydrogen (secondary N) is 1. The highest BCUT2D eigenvalue weighted by atomic mass is 19.4. The third-order valence-corrected chi connectivity index (χ3v) is 4.87. The van der Waals surface area contributed by atoms with Crippen molar-refractivity contribution in [2.75, 3.05) is 30.4 Å². The number of hydrogen-bond donors (Lipinski definition) is 1. The van der Waals surface area contributed by atoms with E-state index in [1.54, 1.807) is 23.1 Å². The summed E-state index contributed by atoms with van der Waals surface area (Å²) >= 11 is 0. The quantitative estimate of drug-likeness (QED) is 0.419. The molecule has 0 fully saturated rings. The molecule has 1 aliphatic heterocycles. The minimum Gasteiger partial charge on any atom is -0.465 e.